The maximum absolute atomic E-state index is 12.4. The number of nitrogens with zero attached hydrogens (tertiary/aromatic N) is 4. The van der Waals surface area contributed by atoms with Crippen molar-refractivity contribution in [2.45, 2.75) is 19.4 Å². The monoisotopic (exact) mass is 466 g/mol. The van der Waals surface area contributed by atoms with Gasteiger partial charge in [0.05, 0.1) is 21.9 Å². The van der Waals surface area contributed by atoms with Crippen molar-refractivity contribution in [2.75, 3.05) is 11.9 Å². The predicted octanol–water partition coefficient (Wildman–Crippen LogP) is 3.33. The Labute approximate surface area is 182 Å². The number of ether oxygens (including phenoxy) is 1. The second kappa shape index (κ2) is 8.24. The average molecular weight is 466 g/mol. The number of halogens is 3. The summed E-state index contributed by atoms with van der Waals surface area (Å²) >= 11 is 1.14. The number of aryl methyl sites for hydroxylation is 1. The summed E-state index contributed by atoms with van der Waals surface area (Å²) in [6.45, 7) is 1.67. The van der Waals surface area contributed by atoms with Crippen molar-refractivity contribution in [3.8, 4) is 5.75 Å². The van der Waals surface area contributed by atoms with Gasteiger partial charge in [-0.3, -0.25) is 9.36 Å². The van der Waals surface area contributed by atoms with Crippen molar-refractivity contribution in [1.82, 2.24) is 24.8 Å². The summed E-state index contributed by atoms with van der Waals surface area (Å²) in [6.07, 6.45) is -4.04. The number of nitrogens with one attached hydrogen (secondary N) is 2. The number of imidazole rings is 1. The molecule has 0 saturated heterocycles. The minimum absolute atomic E-state index is 0.110. The van der Waals surface area contributed by atoms with E-state index in [1.807, 2.05) is 0 Å². The summed E-state index contributed by atoms with van der Waals surface area (Å²) < 4.78 is 43.4. The van der Waals surface area contributed by atoms with Gasteiger partial charge in [0.25, 0.3) is 5.91 Å². The smallest absolute Gasteiger partial charge is 0.406 e. The van der Waals surface area contributed by atoms with Gasteiger partial charge in [-0.1, -0.05) is 11.3 Å². The number of alkyl halides is 3. The molecule has 0 aliphatic rings. The van der Waals surface area contributed by atoms with Crippen LogP contribution in [0.25, 0.3) is 21.4 Å². The van der Waals surface area contributed by atoms with Gasteiger partial charge >= 0.3 is 6.36 Å². The van der Waals surface area contributed by atoms with Gasteiger partial charge in [0, 0.05) is 25.9 Å². The number of thiazole rings is 1. The van der Waals surface area contributed by atoms with E-state index >= 15 is 0 Å². The summed E-state index contributed by atoms with van der Waals surface area (Å²) in [5.41, 5.74) is 1.77. The Kier molecular flexibility index (Phi) is 5.60. The molecule has 13 heteroatoms. The summed E-state index contributed by atoms with van der Waals surface area (Å²) in [5, 5.41) is 15.3. The van der Waals surface area contributed by atoms with Gasteiger partial charge < -0.3 is 20.5 Å². The number of hydrogen-bond donors (Lipinski definition) is 3. The third-order valence-corrected chi connectivity index (χ3v) is 5.28. The Morgan fingerprint density at radius 1 is 1.28 bits per heavy atom. The molecule has 3 N–H and O–H groups in total. The third kappa shape index (κ3) is 4.73. The normalized spacial score (nSPS) is 12.8. The number of aliphatic hydroxyl groups excluding tert-OH is 1. The van der Waals surface area contributed by atoms with E-state index in [0.29, 0.717) is 38.0 Å². The molecular formula is C19H17F3N6O3S. The molecule has 9 nitrogen and oxygen atoms in total. The number of anilines is 2. The molecule has 3 heterocycles. The fourth-order valence-corrected chi connectivity index (χ4v) is 3.79. The van der Waals surface area contributed by atoms with Crippen LogP contribution in [-0.2, 0) is 7.05 Å². The first-order valence-corrected chi connectivity index (χ1v) is 10.1. The lowest BCUT2D eigenvalue weighted by molar-refractivity contribution is -0.274. The van der Waals surface area contributed by atoms with Crippen molar-refractivity contribution < 1.29 is 27.8 Å². The molecule has 0 saturated carbocycles. The molecule has 1 aromatic carbocycles. The van der Waals surface area contributed by atoms with Crippen molar-refractivity contribution in [2.24, 2.45) is 7.05 Å². The molecular weight excluding hydrogens is 449 g/mol. The molecule has 0 aliphatic carbocycles. The maximum atomic E-state index is 12.4. The fourth-order valence-electron chi connectivity index (χ4n) is 2.91. The van der Waals surface area contributed by atoms with Crippen molar-refractivity contribution in [3.05, 3.63) is 36.0 Å². The molecule has 0 aliphatic heterocycles. The molecule has 0 bridgehead atoms. The van der Waals surface area contributed by atoms with Gasteiger partial charge in [0.1, 0.15) is 11.3 Å². The van der Waals surface area contributed by atoms with Crippen molar-refractivity contribution >= 4 is 49.7 Å². The van der Waals surface area contributed by atoms with Crippen molar-refractivity contribution in [3.63, 3.8) is 0 Å². The van der Waals surface area contributed by atoms with Gasteiger partial charge in [-0.15, -0.1) is 13.2 Å². The van der Waals surface area contributed by atoms with E-state index < -0.39 is 12.5 Å². The van der Waals surface area contributed by atoms with E-state index in [4.69, 9.17) is 0 Å². The lowest BCUT2D eigenvalue weighted by atomic mass is 10.2. The lowest BCUT2D eigenvalue weighted by Gasteiger charge is -2.07. The van der Waals surface area contributed by atoms with Crippen LogP contribution in [0.3, 0.4) is 0 Å². The number of aromatic nitrogens is 4. The molecule has 32 heavy (non-hydrogen) atoms. The highest BCUT2D eigenvalue weighted by Crippen LogP contribution is 2.33. The van der Waals surface area contributed by atoms with E-state index in [9.17, 15) is 23.1 Å². The van der Waals surface area contributed by atoms with Crippen LogP contribution in [0, 0.1) is 0 Å². The number of hydrogen-bond acceptors (Lipinski definition) is 8. The Balaban J connectivity index is 1.57. The van der Waals surface area contributed by atoms with Gasteiger partial charge in [-0.25, -0.2) is 15.0 Å². The molecule has 0 spiro atoms. The number of carbonyl (C=O) groups excluding carboxylic acids is 1. The standard InChI is InChI=1S/C19H17F3N6O3S/c1-9(29)7-24-16(30)10-5-13-15(23-8-10)28(2)17(25-13)27-18-26-12-4-3-11(6-14(12)32-18)31-19(20,21)22/h3-6,8-9,29H,7H2,1-2H3,(H,24,30)(H,25,26,27). The summed E-state index contributed by atoms with van der Waals surface area (Å²) in [7, 11) is 1.72. The van der Waals surface area contributed by atoms with Gasteiger partial charge in [0.15, 0.2) is 10.8 Å². The van der Waals surface area contributed by atoms with Crippen LogP contribution >= 0.6 is 11.3 Å². The third-order valence-electron chi connectivity index (χ3n) is 4.34. The highest BCUT2D eigenvalue weighted by molar-refractivity contribution is 7.22. The molecule has 168 valence electrons. The average Bonchev–Trinajstić information content (AvgIpc) is 3.24. The summed E-state index contributed by atoms with van der Waals surface area (Å²) in [6, 6.07) is 5.47. The number of aliphatic hydroxyl groups is 1. The van der Waals surface area contributed by atoms with Crippen LogP contribution in [0.4, 0.5) is 24.3 Å². The van der Waals surface area contributed by atoms with Gasteiger partial charge in [0.2, 0.25) is 5.95 Å². The van der Waals surface area contributed by atoms with Crippen LogP contribution in [0.2, 0.25) is 0 Å². The second-order valence-corrected chi connectivity index (χ2v) is 7.97. The first-order valence-electron chi connectivity index (χ1n) is 9.31. The molecule has 3 aromatic heterocycles. The largest absolute Gasteiger partial charge is 0.573 e. The summed E-state index contributed by atoms with van der Waals surface area (Å²) in [4.78, 5) is 25.3. The van der Waals surface area contributed by atoms with Gasteiger partial charge in [-0.05, 0) is 25.1 Å². The molecule has 1 amide bonds. The SMILES string of the molecule is CC(O)CNC(=O)c1cnc2c(c1)nc(Nc1nc3ccc(OC(F)(F)F)cc3s1)n2C. The van der Waals surface area contributed by atoms with Crippen LogP contribution in [-0.4, -0.2) is 49.5 Å². The first-order chi connectivity index (χ1) is 15.1. The molecule has 1 unspecified atom stereocenters. The van der Waals surface area contributed by atoms with E-state index in [0.717, 1.165) is 11.3 Å². The Hall–Kier alpha value is -3.45. The topological polar surface area (TPSA) is 114 Å². The minimum Gasteiger partial charge on any atom is -0.406 e. The van der Waals surface area contributed by atoms with E-state index in [2.05, 4.69) is 30.3 Å². The Morgan fingerprint density at radius 3 is 2.78 bits per heavy atom. The maximum Gasteiger partial charge on any atom is 0.573 e. The highest BCUT2D eigenvalue weighted by atomic mass is 32.1. The van der Waals surface area contributed by atoms with Gasteiger partial charge in [-0.2, -0.15) is 0 Å². The van der Waals surface area contributed by atoms with E-state index in [-0.39, 0.29) is 18.2 Å². The fraction of sp³-hybridized carbons (Fsp3) is 0.263. The molecule has 1 atom stereocenters. The van der Waals surface area contributed by atoms with E-state index in [1.54, 1.807) is 24.6 Å². The zero-order valence-electron chi connectivity index (χ0n) is 16.8. The zero-order chi connectivity index (χ0) is 23.0. The number of amides is 1. The number of rotatable bonds is 6. The van der Waals surface area contributed by atoms with Crippen LogP contribution in [0.1, 0.15) is 17.3 Å². The van der Waals surface area contributed by atoms with E-state index in [1.165, 1.54) is 24.4 Å². The Morgan fingerprint density at radius 2 is 2.06 bits per heavy atom. The Bertz CT molecular complexity index is 1300. The number of pyridine rings is 1. The first kappa shape index (κ1) is 21.8. The second-order valence-electron chi connectivity index (χ2n) is 6.94. The number of carbonyl (C=O) groups is 1. The predicted molar refractivity (Wildman–Crippen MR) is 112 cm³/mol. The highest BCUT2D eigenvalue weighted by Gasteiger charge is 2.31. The minimum atomic E-state index is -4.77. The van der Waals surface area contributed by atoms with Crippen LogP contribution in [0.5, 0.6) is 5.75 Å². The van der Waals surface area contributed by atoms with Crippen molar-refractivity contribution in [1.29, 1.82) is 0 Å². The zero-order valence-corrected chi connectivity index (χ0v) is 17.6. The molecule has 0 fully saturated rings. The molecule has 0 radical (unpaired) electrons. The molecule has 4 aromatic rings. The summed E-state index contributed by atoms with van der Waals surface area (Å²) in [5.74, 6) is -0.322. The van der Waals surface area contributed by atoms with Crippen LogP contribution < -0.4 is 15.4 Å². The van der Waals surface area contributed by atoms with Crippen LogP contribution in [0.15, 0.2) is 30.5 Å². The number of benzene rings is 1. The molecule has 4 rings (SSSR count). The number of fused-ring (bicyclic) bond motifs is 2. The quantitative estimate of drug-likeness (QED) is 0.399. The lowest BCUT2D eigenvalue weighted by Crippen LogP contribution is -2.30.